The van der Waals surface area contributed by atoms with Crippen LogP contribution >= 0.6 is 0 Å². The van der Waals surface area contributed by atoms with Gasteiger partial charge in [0, 0.05) is 18.5 Å². The van der Waals surface area contributed by atoms with Crippen LogP contribution in [-0.2, 0) is 9.47 Å². The lowest BCUT2D eigenvalue weighted by atomic mass is 9.88. The molecule has 1 fully saturated rings. The second-order valence-electron chi connectivity index (χ2n) is 5.01. The molecule has 3 rings (SSSR count). The highest BCUT2D eigenvalue weighted by Gasteiger charge is 2.37. The van der Waals surface area contributed by atoms with E-state index in [1.165, 1.54) is 11.1 Å². The molecule has 1 spiro atoms. The first-order valence-corrected chi connectivity index (χ1v) is 6.58. The SMILES string of the molecule is NC1=CC=C(C2=CCC3(CC2)OCCO3)CC=C1. The topological polar surface area (TPSA) is 44.5 Å². The van der Waals surface area contributed by atoms with Crippen molar-refractivity contribution in [3.8, 4) is 0 Å². The van der Waals surface area contributed by atoms with E-state index >= 15 is 0 Å². The number of nitrogens with two attached hydrogens (primary N) is 1. The average Bonchev–Trinajstić information content (AvgIpc) is 2.72. The highest BCUT2D eigenvalue weighted by atomic mass is 16.7. The van der Waals surface area contributed by atoms with Crippen molar-refractivity contribution in [2.24, 2.45) is 5.73 Å². The van der Waals surface area contributed by atoms with Crippen molar-refractivity contribution in [2.75, 3.05) is 13.2 Å². The molecule has 1 aliphatic heterocycles. The lowest BCUT2D eigenvalue weighted by molar-refractivity contribution is -0.161. The van der Waals surface area contributed by atoms with Crippen molar-refractivity contribution in [1.82, 2.24) is 0 Å². The molecule has 0 aromatic heterocycles. The van der Waals surface area contributed by atoms with E-state index in [1.807, 2.05) is 12.2 Å². The lowest BCUT2D eigenvalue weighted by Crippen LogP contribution is -2.31. The summed E-state index contributed by atoms with van der Waals surface area (Å²) in [6, 6.07) is 0. The summed E-state index contributed by atoms with van der Waals surface area (Å²) in [6.07, 6.45) is 14.3. The van der Waals surface area contributed by atoms with Crippen LogP contribution in [0.2, 0.25) is 0 Å². The fourth-order valence-corrected chi connectivity index (χ4v) is 2.74. The van der Waals surface area contributed by atoms with Crippen molar-refractivity contribution < 1.29 is 9.47 Å². The number of hydrogen-bond acceptors (Lipinski definition) is 3. The van der Waals surface area contributed by atoms with E-state index in [9.17, 15) is 0 Å². The van der Waals surface area contributed by atoms with Gasteiger partial charge in [0.05, 0.1) is 13.2 Å². The van der Waals surface area contributed by atoms with E-state index in [1.54, 1.807) is 0 Å². The molecule has 0 bridgehead atoms. The van der Waals surface area contributed by atoms with Gasteiger partial charge in [-0.25, -0.2) is 0 Å². The molecule has 0 saturated carbocycles. The van der Waals surface area contributed by atoms with E-state index in [2.05, 4.69) is 18.2 Å². The van der Waals surface area contributed by atoms with Gasteiger partial charge in [0.15, 0.2) is 5.79 Å². The summed E-state index contributed by atoms with van der Waals surface area (Å²) < 4.78 is 11.5. The number of hydrogen-bond donors (Lipinski definition) is 1. The van der Waals surface area contributed by atoms with E-state index in [4.69, 9.17) is 15.2 Å². The van der Waals surface area contributed by atoms with Gasteiger partial charge in [-0.3, -0.25) is 0 Å². The van der Waals surface area contributed by atoms with Crippen LogP contribution in [0.4, 0.5) is 0 Å². The molecule has 3 aliphatic rings. The molecule has 18 heavy (non-hydrogen) atoms. The minimum atomic E-state index is -0.320. The largest absolute Gasteiger partial charge is 0.399 e. The molecule has 1 heterocycles. The number of ether oxygens (including phenoxy) is 2. The molecule has 0 unspecified atom stereocenters. The normalized spacial score (nSPS) is 26.6. The van der Waals surface area contributed by atoms with Gasteiger partial charge < -0.3 is 15.2 Å². The Morgan fingerprint density at radius 1 is 1.11 bits per heavy atom. The predicted molar refractivity (Wildman–Crippen MR) is 70.7 cm³/mol. The Morgan fingerprint density at radius 2 is 1.94 bits per heavy atom. The Hall–Kier alpha value is -1.32. The molecule has 2 aliphatic carbocycles. The van der Waals surface area contributed by atoms with Crippen molar-refractivity contribution >= 4 is 0 Å². The van der Waals surface area contributed by atoms with Crippen molar-refractivity contribution in [3.63, 3.8) is 0 Å². The summed E-state index contributed by atoms with van der Waals surface area (Å²) in [5.41, 5.74) is 9.38. The van der Waals surface area contributed by atoms with Gasteiger partial charge >= 0.3 is 0 Å². The number of allylic oxidation sites excluding steroid dienone is 6. The number of rotatable bonds is 1. The first kappa shape index (κ1) is 11.8. The average molecular weight is 245 g/mol. The molecule has 0 radical (unpaired) electrons. The lowest BCUT2D eigenvalue weighted by Gasteiger charge is -2.31. The highest BCUT2D eigenvalue weighted by molar-refractivity contribution is 5.40. The predicted octanol–water partition coefficient (Wildman–Crippen LogP) is 2.57. The molecule has 0 aromatic rings. The highest BCUT2D eigenvalue weighted by Crippen LogP contribution is 2.37. The fourth-order valence-electron chi connectivity index (χ4n) is 2.74. The van der Waals surface area contributed by atoms with Crippen molar-refractivity contribution in [3.05, 3.63) is 47.2 Å². The Morgan fingerprint density at radius 3 is 2.67 bits per heavy atom. The van der Waals surface area contributed by atoms with E-state index in [-0.39, 0.29) is 5.79 Å². The maximum Gasteiger partial charge on any atom is 0.172 e. The van der Waals surface area contributed by atoms with Crippen LogP contribution < -0.4 is 5.73 Å². The zero-order valence-electron chi connectivity index (χ0n) is 10.5. The molecule has 0 atom stereocenters. The second-order valence-corrected chi connectivity index (χ2v) is 5.01. The first-order valence-electron chi connectivity index (χ1n) is 6.58. The molecule has 2 N–H and O–H groups in total. The van der Waals surface area contributed by atoms with Gasteiger partial charge in [-0.15, -0.1) is 0 Å². The summed E-state index contributed by atoms with van der Waals surface area (Å²) in [7, 11) is 0. The van der Waals surface area contributed by atoms with Crippen LogP contribution in [0.5, 0.6) is 0 Å². The smallest absolute Gasteiger partial charge is 0.172 e. The molecule has 96 valence electrons. The van der Waals surface area contributed by atoms with Gasteiger partial charge in [-0.1, -0.05) is 18.2 Å². The van der Waals surface area contributed by atoms with Gasteiger partial charge in [-0.2, -0.15) is 0 Å². The van der Waals surface area contributed by atoms with E-state index in [0.29, 0.717) is 0 Å². The third-order valence-electron chi connectivity index (χ3n) is 3.79. The molecular formula is C15H19NO2. The minimum absolute atomic E-state index is 0.320. The molecule has 3 nitrogen and oxygen atoms in total. The van der Waals surface area contributed by atoms with E-state index in [0.717, 1.165) is 44.6 Å². The third-order valence-corrected chi connectivity index (χ3v) is 3.79. The Bertz CT molecular complexity index is 451. The maximum atomic E-state index is 5.79. The molecule has 3 heteroatoms. The monoisotopic (exact) mass is 245 g/mol. The van der Waals surface area contributed by atoms with Crippen molar-refractivity contribution in [2.45, 2.75) is 31.5 Å². The van der Waals surface area contributed by atoms with Crippen LogP contribution in [0.3, 0.4) is 0 Å². The summed E-state index contributed by atoms with van der Waals surface area (Å²) in [4.78, 5) is 0. The van der Waals surface area contributed by atoms with Crippen LogP contribution in [-0.4, -0.2) is 19.0 Å². The zero-order chi connectivity index (χ0) is 12.4. The molecular weight excluding hydrogens is 226 g/mol. The van der Waals surface area contributed by atoms with E-state index < -0.39 is 0 Å². The van der Waals surface area contributed by atoms with Gasteiger partial charge in [0.1, 0.15) is 0 Å². The fraction of sp³-hybridized carbons (Fsp3) is 0.467. The summed E-state index contributed by atoms with van der Waals surface area (Å²) in [6.45, 7) is 1.46. The summed E-state index contributed by atoms with van der Waals surface area (Å²) in [5.74, 6) is -0.320. The Kier molecular flexibility index (Phi) is 3.10. The summed E-state index contributed by atoms with van der Waals surface area (Å²) >= 11 is 0. The third kappa shape index (κ3) is 2.28. The van der Waals surface area contributed by atoms with Crippen LogP contribution in [0.15, 0.2) is 47.2 Å². The van der Waals surface area contributed by atoms with Crippen LogP contribution in [0.1, 0.15) is 25.7 Å². The van der Waals surface area contributed by atoms with Gasteiger partial charge in [0.25, 0.3) is 0 Å². The summed E-state index contributed by atoms with van der Waals surface area (Å²) in [5, 5.41) is 0. The Labute approximate surface area is 108 Å². The molecule has 1 saturated heterocycles. The van der Waals surface area contributed by atoms with Crippen molar-refractivity contribution in [1.29, 1.82) is 0 Å². The Balaban J connectivity index is 1.75. The standard InChI is InChI=1S/C15H19NO2/c16-14-3-1-2-12(4-5-14)13-6-8-15(9-7-13)17-10-11-18-15/h1,3-6H,2,7-11,16H2. The minimum Gasteiger partial charge on any atom is -0.399 e. The van der Waals surface area contributed by atoms with Gasteiger partial charge in [0.2, 0.25) is 0 Å². The molecule has 0 amide bonds. The second kappa shape index (κ2) is 4.75. The maximum absolute atomic E-state index is 5.79. The first-order chi connectivity index (χ1) is 8.77. The quantitative estimate of drug-likeness (QED) is 0.772. The van der Waals surface area contributed by atoms with Crippen LogP contribution in [0.25, 0.3) is 0 Å². The molecule has 0 aromatic carbocycles. The zero-order valence-corrected chi connectivity index (χ0v) is 10.5. The van der Waals surface area contributed by atoms with Gasteiger partial charge in [-0.05, 0) is 36.1 Å². The van der Waals surface area contributed by atoms with Crippen LogP contribution in [0, 0.1) is 0 Å².